The van der Waals surface area contributed by atoms with E-state index < -0.39 is 10.4 Å². The van der Waals surface area contributed by atoms with E-state index in [2.05, 4.69) is 33.6 Å². The molecule has 31 heavy (non-hydrogen) atoms. The van der Waals surface area contributed by atoms with Crippen LogP contribution in [0.3, 0.4) is 0 Å². The Labute approximate surface area is 221 Å². The van der Waals surface area contributed by atoms with E-state index in [9.17, 15) is 0 Å². The maximum absolute atomic E-state index is 8.74. The maximum atomic E-state index is 8.74. The summed E-state index contributed by atoms with van der Waals surface area (Å²) >= 11 is 0. The van der Waals surface area contributed by atoms with E-state index in [0.29, 0.717) is 19.6 Å². The minimum absolute atomic E-state index is 0. The molecule has 0 rings (SSSR count). The molecule has 7 nitrogen and oxygen atoms in total. The molecule has 0 saturated heterocycles. The Bertz CT molecular complexity index is 365. The van der Waals surface area contributed by atoms with Crippen LogP contribution in [0.4, 0.5) is 0 Å². The zero-order valence-electron chi connectivity index (χ0n) is 20.0. The van der Waals surface area contributed by atoms with Crippen molar-refractivity contribution in [2.45, 2.75) is 71.1 Å². The fraction of sp³-hybridized carbons (Fsp3) is 0.667. The standard InChI is InChI=1S/C12H25.3C3H7N.ClH.Na.H2O4S/c1-3-5-7-9-11-12-10-8-6-4-2;3*1-2-3-4;;;1-5(2,3)4/h1,3-12H2,2H3;3*2H,1,3-4H2;1H;;(H2,1,2,3,4)/q-1;;;;;+1;. The molecule has 0 aromatic carbocycles. The van der Waals surface area contributed by atoms with Gasteiger partial charge in [-0.3, -0.25) is 9.11 Å². The Balaban J connectivity index is -0.0000000512. The van der Waals surface area contributed by atoms with Crippen LogP contribution < -0.4 is 46.8 Å². The molecule has 0 heterocycles. The van der Waals surface area contributed by atoms with Crippen LogP contribution in [0.15, 0.2) is 38.0 Å². The number of halogens is 1. The number of unbranched alkanes of at least 4 members (excludes halogenated alkanes) is 9. The summed E-state index contributed by atoms with van der Waals surface area (Å²) in [5.41, 5.74) is 14.7. The van der Waals surface area contributed by atoms with Gasteiger partial charge in [0.05, 0.1) is 0 Å². The van der Waals surface area contributed by atoms with Gasteiger partial charge < -0.3 is 24.1 Å². The topological polar surface area (TPSA) is 153 Å². The molecule has 186 valence electrons. The van der Waals surface area contributed by atoms with Crippen LogP contribution in [0, 0.1) is 6.92 Å². The molecule has 0 aliphatic rings. The van der Waals surface area contributed by atoms with Gasteiger partial charge in [0, 0.05) is 19.6 Å². The molecule has 0 atom stereocenters. The van der Waals surface area contributed by atoms with Gasteiger partial charge in [-0.1, -0.05) is 82.9 Å². The molecule has 0 fully saturated rings. The fourth-order valence-electron chi connectivity index (χ4n) is 1.49. The summed E-state index contributed by atoms with van der Waals surface area (Å²) in [6, 6.07) is 0. The molecule has 0 aromatic rings. The zero-order valence-corrected chi connectivity index (χ0v) is 23.6. The molecule has 8 N–H and O–H groups in total. The predicted octanol–water partition coefficient (Wildman–Crippen LogP) is 1.91. The molecule has 0 unspecified atom stereocenters. The van der Waals surface area contributed by atoms with E-state index in [1.807, 2.05) is 0 Å². The molecular formula is C21H49ClN3NaO4S. The molecule has 0 spiro atoms. The first kappa shape index (κ1) is 48.6. The third kappa shape index (κ3) is 161. The summed E-state index contributed by atoms with van der Waals surface area (Å²) in [4.78, 5) is 0. The molecule has 0 aliphatic heterocycles. The Kier molecular flexibility index (Phi) is 82.0. The van der Waals surface area contributed by atoms with Gasteiger partial charge in [-0.2, -0.15) is 14.8 Å². The quantitative estimate of drug-likeness (QED) is 0.0907. The summed E-state index contributed by atoms with van der Waals surface area (Å²) < 4.78 is 31.6. The zero-order chi connectivity index (χ0) is 23.8. The third-order valence-corrected chi connectivity index (χ3v) is 2.85. The predicted molar refractivity (Wildman–Crippen MR) is 136 cm³/mol. The van der Waals surface area contributed by atoms with Crippen molar-refractivity contribution in [3.8, 4) is 0 Å². The molecule has 0 amide bonds. The monoisotopic (exact) mass is 497 g/mol. The molecule has 0 saturated carbocycles. The molecule has 0 radical (unpaired) electrons. The van der Waals surface area contributed by atoms with Crippen molar-refractivity contribution < 1.29 is 47.1 Å². The average Bonchev–Trinajstić information content (AvgIpc) is 2.69. The smallest absolute Gasteiger partial charge is 0.343 e. The van der Waals surface area contributed by atoms with Gasteiger partial charge in [0.2, 0.25) is 0 Å². The number of nitrogens with two attached hydrogens (primary N) is 3. The Morgan fingerprint density at radius 2 is 0.935 bits per heavy atom. The molecular weight excluding hydrogens is 449 g/mol. The normalized spacial score (nSPS) is 8.35. The van der Waals surface area contributed by atoms with Gasteiger partial charge in [0.15, 0.2) is 0 Å². The fourth-order valence-corrected chi connectivity index (χ4v) is 1.49. The van der Waals surface area contributed by atoms with Crippen LogP contribution in [-0.4, -0.2) is 37.2 Å². The second-order valence-electron chi connectivity index (χ2n) is 5.70. The first-order valence-corrected chi connectivity index (χ1v) is 11.5. The minimum atomic E-state index is -4.67. The minimum Gasteiger partial charge on any atom is -0.343 e. The van der Waals surface area contributed by atoms with Crippen molar-refractivity contribution in [1.29, 1.82) is 0 Å². The van der Waals surface area contributed by atoms with Crippen molar-refractivity contribution in [2.75, 3.05) is 19.6 Å². The molecule has 0 aromatic heterocycles. The van der Waals surface area contributed by atoms with Crippen LogP contribution in [0.25, 0.3) is 0 Å². The maximum Gasteiger partial charge on any atom is 1.00 e. The van der Waals surface area contributed by atoms with Crippen LogP contribution in [0.5, 0.6) is 0 Å². The average molecular weight is 498 g/mol. The number of hydrogen-bond acceptors (Lipinski definition) is 5. The van der Waals surface area contributed by atoms with Crippen LogP contribution in [-0.2, 0) is 10.4 Å². The summed E-state index contributed by atoms with van der Waals surface area (Å²) in [5, 5.41) is 0. The van der Waals surface area contributed by atoms with E-state index in [1.165, 1.54) is 57.8 Å². The van der Waals surface area contributed by atoms with Crippen LogP contribution in [0.1, 0.15) is 71.1 Å². The SMILES string of the molecule is C=CCN.C=CCN.C=CCN.Cl.O=S(=O)(O)O.[CH2-]CCCCCCCCCCC.[Na+]. The molecule has 0 aliphatic carbocycles. The number of hydrogen-bond donors (Lipinski definition) is 5. The summed E-state index contributed by atoms with van der Waals surface area (Å²) in [7, 11) is -4.67. The van der Waals surface area contributed by atoms with Crippen molar-refractivity contribution in [2.24, 2.45) is 17.2 Å². The molecule has 10 heteroatoms. The van der Waals surface area contributed by atoms with Gasteiger partial charge in [-0.25, -0.2) is 0 Å². The van der Waals surface area contributed by atoms with Crippen molar-refractivity contribution in [3.05, 3.63) is 44.9 Å². The Morgan fingerprint density at radius 3 is 1.10 bits per heavy atom. The van der Waals surface area contributed by atoms with E-state index in [1.54, 1.807) is 18.2 Å². The van der Waals surface area contributed by atoms with Crippen LogP contribution in [0.2, 0.25) is 0 Å². The Hall–Kier alpha value is 0.260. The van der Waals surface area contributed by atoms with Crippen molar-refractivity contribution in [1.82, 2.24) is 0 Å². The number of rotatable bonds is 12. The van der Waals surface area contributed by atoms with E-state index in [-0.39, 0.29) is 42.0 Å². The largest absolute Gasteiger partial charge is 1.00 e. The van der Waals surface area contributed by atoms with E-state index in [4.69, 9.17) is 34.7 Å². The second kappa shape index (κ2) is 52.3. The van der Waals surface area contributed by atoms with Crippen molar-refractivity contribution >= 4 is 22.8 Å². The summed E-state index contributed by atoms with van der Waals surface area (Å²) in [6.45, 7) is 17.9. The van der Waals surface area contributed by atoms with Gasteiger partial charge >= 0.3 is 40.0 Å². The second-order valence-corrected chi connectivity index (χ2v) is 6.60. The van der Waals surface area contributed by atoms with Crippen molar-refractivity contribution in [3.63, 3.8) is 0 Å². The van der Waals surface area contributed by atoms with E-state index >= 15 is 0 Å². The summed E-state index contributed by atoms with van der Waals surface area (Å²) in [6.07, 6.45) is 18.8. The summed E-state index contributed by atoms with van der Waals surface area (Å²) in [5.74, 6) is 0. The van der Waals surface area contributed by atoms with Gasteiger partial charge in [0.25, 0.3) is 0 Å². The van der Waals surface area contributed by atoms with Gasteiger partial charge in [-0.15, -0.1) is 32.1 Å². The van der Waals surface area contributed by atoms with Crippen LogP contribution >= 0.6 is 12.4 Å². The first-order chi connectivity index (χ1) is 13.7. The third-order valence-electron chi connectivity index (χ3n) is 2.85. The Morgan fingerprint density at radius 1 is 0.742 bits per heavy atom. The van der Waals surface area contributed by atoms with E-state index in [0.717, 1.165) is 6.42 Å². The first-order valence-electron chi connectivity index (χ1n) is 10.1. The van der Waals surface area contributed by atoms with Gasteiger partial charge in [0.1, 0.15) is 0 Å². The molecule has 0 bridgehead atoms. The van der Waals surface area contributed by atoms with Gasteiger partial charge in [-0.05, 0) is 0 Å².